The van der Waals surface area contributed by atoms with Crippen molar-refractivity contribution in [3.05, 3.63) is 47.4 Å². The highest BCUT2D eigenvalue weighted by molar-refractivity contribution is 6.30. The number of halogens is 1. The highest BCUT2D eigenvalue weighted by Crippen LogP contribution is 2.60. The van der Waals surface area contributed by atoms with E-state index >= 15 is 0 Å². The molecule has 1 amide bonds. The number of carbonyl (C=O) groups excluding carboxylic acids is 1. The molecule has 1 atom stereocenters. The third-order valence-corrected chi connectivity index (χ3v) is 7.77. The third-order valence-electron chi connectivity index (χ3n) is 7.55. The molecule has 6 nitrogen and oxygen atoms in total. The van der Waals surface area contributed by atoms with Crippen molar-refractivity contribution in [1.29, 1.82) is 0 Å². The Morgan fingerprint density at radius 3 is 2.74 bits per heavy atom. The number of amides is 1. The zero-order valence-electron chi connectivity index (χ0n) is 18.3. The summed E-state index contributed by atoms with van der Waals surface area (Å²) in [7, 11) is 2.15. The molecule has 0 unspecified atom stereocenters. The Balaban J connectivity index is 1.16. The number of likely N-dealkylation sites (N-methyl/N-ethyl adjacent to an activating group) is 1. The number of likely N-dealkylation sites (tertiary alicyclic amines) is 1. The predicted octanol–water partition coefficient (Wildman–Crippen LogP) is 3.29. The summed E-state index contributed by atoms with van der Waals surface area (Å²) < 4.78 is 2.14. The molecule has 31 heavy (non-hydrogen) atoms. The summed E-state index contributed by atoms with van der Waals surface area (Å²) >= 11 is 5.99. The van der Waals surface area contributed by atoms with Crippen molar-refractivity contribution in [2.24, 2.45) is 11.3 Å². The summed E-state index contributed by atoms with van der Waals surface area (Å²) in [6.07, 6.45) is 8.21. The normalized spacial score (nSPS) is 24.3. The molecule has 0 radical (unpaired) electrons. The van der Waals surface area contributed by atoms with Gasteiger partial charge >= 0.3 is 0 Å². The topological polar surface area (TPSA) is 44.6 Å². The minimum atomic E-state index is 0.264. The van der Waals surface area contributed by atoms with Crippen LogP contribution in [0.15, 0.2) is 36.7 Å². The molecule has 2 aliphatic heterocycles. The molecule has 4 heterocycles. The highest BCUT2D eigenvalue weighted by atomic mass is 35.5. The maximum atomic E-state index is 13.1. The summed E-state index contributed by atoms with van der Waals surface area (Å²) in [4.78, 5) is 24.6. The van der Waals surface area contributed by atoms with Gasteiger partial charge in [-0.25, -0.2) is 4.98 Å². The van der Waals surface area contributed by atoms with Crippen LogP contribution in [0.5, 0.6) is 0 Å². The standard InChI is InChI=1S/C24H32ClN5O/c1-27-9-3-10-29(15-14-27)23(31)21-16-24(21)7-12-28(13-8-24)18-20-4-2-11-30(20)22-6-5-19(25)17-26-22/h2,4-6,11,17,21H,3,7-10,12-16,18H2,1H3/t21-/m1/s1. The van der Waals surface area contributed by atoms with Gasteiger partial charge in [-0.3, -0.25) is 9.69 Å². The lowest BCUT2D eigenvalue weighted by molar-refractivity contribution is -0.133. The fourth-order valence-electron chi connectivity index (χ4n) is 5.40. The lowest BCUT2D eigenvalue weighted by Crippen LogP contribution is -2.39. The molecule has 3 aliphatic rings. The smallest absolute Gasteiger partial charge is 0.226 e. The molecule has 0 N–H and O–H groups in total. The van der Waals surface area contributed by atoms with Crippen LogP contribution in [0.4, 0.5) is 0 Å². The molecule has 5 rings (SSSR count). The molecular weight excluding hydrogens is 410 g/mol. The number of hydrogen-bond donors (Lipinski definition) is 0. The Morgan fingerprint density at radius 1 is 1.13 bits per heavy atom. The van der Waals surface area contributed by atoms with Crippen molar-refractivity contribution in [1.82, 2.24) is 24.3 Å². The summed E-state index contributed by atoms with van der Waals surface area (Å²) in [5.74, 6) is 1.58. The van der Waals surface area contributed by atoms with E-state index in [1.165, 1.54) is 5.69 Å². The van der Waals surface area contributed by atoms with Crippen LogP contribution in [0.25, 0.3) is 5.82 Å². The van der Waals surface area contributed by atoms with Gasteiger partial charge in [-0.05, 0) is 82.0 Å². The number of pyridine rings is 1. The van der Waals surface area contributed by atoms with Crippen LogP contribution in [0, 0.1) is 11.3 Å². The second-order valence-corrected chi connectivity index (χ2v) is 10.0. The molecule has 7 heteroatoms. The first kappa shape index (κ1) is 21.0. The minimum Gasteiger partial charge on any atom is -0.341 e. The Hall–Kier alpha value is -1.89. The maximum absolute atomic E-state index is 13.1. The molecule has 2 aromatic rings. The monoisotopic (exact) mass is 441 g/mol. The molecule has 1 spiro atoms. The second kappa shape index (κ2) is 8.57. The Morgan fingerprint density at radius 2 is 1.97 bits per heavy atom. The number of carbonyl (C=O) groups is 1. The van der Waals surface area contributed by atoms with Gasteiger partial charge in [-0.2, -0.15) is 0 Å². The van der Waals surface area contributed by atoms with Crippen LogP contribution < -0.4 is 0 Å². The quantitative estimate of drug-likeness (QED) is 0.730. The largest absolute Gasteiger partial charge is 0.341 e. The van der Waals surface area contributed by atoms with Crippen molar-refractivity contribution in [2.45, 2.75) is 32.2 Å². The van der Waals surface area contributed by atoms with E-state index in [1.54, 1.807) is 6.20 Å². The number of hydrogen-bond acceptors (Lipinski definition) is 4. The van der Waals surface area contributed by atoms with Crippen molar-refractivity contribution in [3.8, 4) is 5.82 Å². The van der Waals surface area contributed by atoms with Crippen molar-refractivity contribution < 1.29 is 4.79 Å². The van der Waals surface area contributed by atoms with Gasteiger partial charge in [0.1, 0.15) is 5.82 Å². The van der Waals surface area contributed by atoms with E-state index in [0.717, 1.165) is 77.3 Å². The van der Waals surface area contributed by atoms with E-state index in [0.29, 0.717) is 10.9 Å². The van der Waals surface area contributed by atoms with Crippen molar-refractivity contribution >= 4 is 17.5 Å². The van der Waals surface area contributed by atoms with Gasteiger partial charge in [0.25, 0.3) is 0 Å². The number of aromatic nitrogens is 2. The summed E-state index contributed by atoms with van der Waals surface area (Å²) in [6, 6.07) is 8.08. The van der Waals surface area contributed by atoms with Crippen LogP contribution in [0.3, 0.4) is 0 Å². The fourth-order valence-corrected chi connectivity index (χ4v) is 5.51. The van der Waals surface area contributed by atoms with E-state index in [1.807, 2.05) is 12.1 Å². The molecule has 0 aromatic carbocycles. The van der Waals surface area contributed by atoms with Crippen molar-refractivity contribution in [3.63, 3.8) is 0 Å². The SMILES string of the molecule is CN1CCCN(C(=O)[C@H]2CC23CCN(Cc2cccn2-c2ccc(Cl)cn2)CC3)CC1. The summed E-state index contributed by atoms with van der Waals surface area (Å²) in [5, 5.41) is 0.652. The predicted molar refractivity (Wildman–Crippen MR) is 122 cm³/mol. The Kier molecular flexibility index (Phi) is 5.80. The number of rotatable bonds is 4. The van der Waals surface area contributed by atoms with Crippen LogP contribution in [-0.4, -0.2) is 76.5 Å². The maximum Gasteiger partial charge on any atom is 0.226 e. The average Bonchev–Trinajstić information content (AvgIpc) is 3.36. The van der Waals surface area contributed by atoms with E-state index in [4.69, 9.17) is 11.6 Å². The van der Waals surface area contributed by atoms with Crippen LogP contribution in [0.1, 0.15) is 31.4 Å². The molecule has 1 aliphatic carbocycles. The van der Waals surface area contributed by atoms with E-state index < -0.39 is 0 Å². The van der Waals surface area contributed by atoms with E-state index in [-0.39, 0.29) is 11.3 Å². The first-order valence-corrected chi connectivity index (χ1v) is 11.9. The summed E-state index contributed by atoms with van der Waals surface area (Å²) in [5.41, 5.74) is 1.51. The lowest BCUT2D eigenvalue weighted by atomic mass is 9.90. The Bertz CT molecular complexity index is 918. The molecule has 2 saturated heterocycles. The molecular formula is C24H32ClN5O. The zero-order valence-corrected chi connectivity index (χ0v) is 19.1. The van der Waals surface area contributed by atoms with E-state index in [2.05, 4.69) is 49.6 Å². The highest BCUT2D eigenvalue weighted by Gasteiger charge is 2.59. The van der Waals surface area contributed by atoms with Gasteiger partial charge in [0.15, 0.2) is 0 Å². The second-order valence-electron chi connectivity index (χ2n) is 9.58. The first-order chi connectivity index (χ1) is 15.0. The Labute approximate surface area is 189 Å². The molecule has 166 valence electrons. The van der Waals surface area contributed by atoms with Gasteiger partial charge in [0.05, 0.1) is 5.02 Å². The van der Waals surface area contributed by atoms with Gasteiger partial charge in [-0.1, -0.05) is 11.6 Å². The molecule has 1 saturated carbocycles. The molecule has 0 bridgehead atoms. The van der Waals surface area contributed by atoms with Crippen molar-refractivity contribution in [2.75, 3.05) is 46.3 Å². The lowest BCUT2D eigenvalue weighted by Gasteiger charge is -2.33. The summed E-state index contributed by atoms with van der Waals surface area (Å²) in [6.45, 7) is 6.95. The zero-order chi connectivity index (χ0) is 21.4. The van der Waals surface area contributed by atoms with Gasteiger partial charge < -0.3 is 14.4 Å². The van der Waals surface area contributed by atoms with Crippen LogP contribution in [0.2, 0.25) is 5.02 Å². The van der Waals surface area contributed by atoms with Crippen LogP contribution in [-0.2, 0) is 11.3 Å². The van der Waals surface area contributed by atoms with Crippen LogP contribution >= 0.6 is 11.6 Å². The third kappa shape index (κ3) is 4.38. The number of piperidine rings is 1. The molecule has 3 fully saturated rings. The van der Waals surface area contributed by atoms with Gasteiger partial charge in [-0.15, -0.1) is 0 Å². The van der Waals surface area contributed by atoms with Gasteiger partial charge in [0, 0.05) is 50.2 Å². The first-order valence-electron chi connectivity index (χ1n) is 11.5. The fraction of sp³-hybridized carbons (Fsp3) is 0.583. The minimum absolute atomic E-state index is 0.264. The number of nitrogens with zero attached hydrogens (tertiary/aromatic N) is 5. The van der Waals surface area contributed by atoms with E-state index in [9.17, 15) is 4.79 Å². The average molecular weight is 442 g/mol. The molecule has 2 aromatic heterocycles. The van der Waals surface area contributed by atoms with Gasteiger partial charge in [0.2, 0.25) is 5.91 Å².